The molecule has 0 amide bonds. The van der Waals surface area contributed by atoms with Crippen LogP contribution < -0.4 is 5.32 Å². The third-order valence-corrected chi connectivity index (χ3v) is 4.28. The number of aliphatic imine (C=N–C) groups is 1. The molecule has 6 heteroatoms. The van der Waals surface area contributed by atoms with Crippen molar-refractivity contribution in [2.45, 2.75) is 52.5 Å². The zero-order chi connectivity index (χ0) is 18.9. The van der Waals surface area contributed by atoms with Crippen LogP contribution in [0.5, 0.6) is 0 Å². The van der Waals surface area contributed by atoms with Crippen LogP contribution in [0.2, 0.25) is 0 Å². The third kappa shape index (κ3) is 5.86. The third-order valence-electron chi connectivity index (χ3n) is 4.28. The van der Waals surface area contributed by atoms with Crippen molar-refractivity contribution >= 4 is 5.96 Å². The van der Waals surface area contributed by atoms with E-state index in [1.165, 1.54) is 11.1 Å². The van der Waals surface area contributed by atoms with Gasteiger partial charge < -0.3 is 14.7 Å². The molecule has 0 radical (unpaired) electrons. The minimum absolute atomic E-state index is 0.296. The minimum atomic E-state index is 0.296. The van der Waals surface area contributed by atoms with Gasteiger partial charge in [0.05, 0.1) is 0 Å². The zero-order valence-corrected chi connectivity index (χ0v) is 16.6. The Bertz CT molecular complexity index is 690. The first-order valence-electron chi connectivity index (χ1n) is 9.35. The second kappa shape index (κ2) is 9.94. The highest BCUT2D eigenvalue weighted by Gasteiger charge is 2.10. The maximum absolute atomic E-state index is 5.28. The lowest BCUT2D eigenvalue weighted by atomic mass is 10.1. The molecule has 0 unspecified atom stereocenters. The van der Waals surface area contributed by atoms with Gasteiger partial charge in [0.1, 0.15) is 0 Å². The molecule has 1 N–H and O–H groups in total. The number of hydrogen-bond acceptors (Lipinski definition) is 4. The van der Waals surface area contributed by atoms with E-state index in [-0.39, 0.29) is 0 Å². The molecule has 0 aliphatic carbocycles. The number of hydrogen-bond donors (Lipinski definition) is 1. The molecule has 1 heterocycles. The summed E-state index contributed by atoms with van der Waals surface area (Å²) in [5.41, 5.74) is 2.64. The zero-order valence-electron chi connectivity index (χ0n) is 16.6. The van der Waals surface area contributed by atoms with Crippen molar-refractivity contribution < 1.29 is 4.52 Å². The van der Waals surface area contributed by atoms with Gasteiger partial charge >= 0.3 is 0 Å². The van der Waals surface area contributed by atoms with Crippen LogP contribution in [-0.4, -0.2) is 41.6 Å². The lowest BCUT2D eigenvalue weighted by Gasteiger charge is -2.22. The molecule has 0 saturated carbocycles. The van der Waals surface area contributed by atoms with Crippen LogP contribution in [0.15, 0.2) is 33.8 Å². The Hall–Kier alpha value is -2.37. The lowest BCUT2D eigenvalue weighted by Crippen LogP contribution is -2.39. The average molecular weight is 358 g/mol. The van der Waals surface area contributed by atoms with Crippen LogP contribution in [-0.2, 0) is 19.4 Å². The van der Waals surface area contributed by atoms with Crippen molar-refractivity contribution in [1.82, 2.24) is 20.4 Å². The molecule has 2 rings (SSSR count). The second-order valence-electron chi connectivity index (χ2n) is 6.80. The van der Waals surface area contributed by atoms with E-state index < -0.39 is 0 Å². The van der Waals surface area contributed by atoms with E-state index >= 15 is 0 Å². The fraction of sp³-hybridized carbons (Fsp3) is 0.550. The molecule has 0 saturated heterocycles. The summed E-state index contributed by atoms with van der Waals surface area (Å²) < 4.78 is 5.28. The van der Waals surface area contributed by atoms with Crippen LogP contribution >= 0.6 is 0 Å². The van der Waals surface area contributed by atoms with E-state index in [9.17, 15) is 0 Å². The Morgan fingerprint density at radius 1 is 1.23 bits per heavy atom. The molecular weight excluding hydrogens is 326 g/mol. The normalized spacial score (nSPS) is 11.8. The van der Waals surface area contributed by atoms with Gasteiger partial charge in [0.25, 0.3) is 0 Å². The molecule has 0 fully saturated rings. The molecule has 142 valence electrons. The SMILES string of the molecule is CCc1ccc(CN(C)C(=NC)NCCCc2nc(C(C)C)no2)cc1. The molecule has 1 aromatic carbocycles. The van der Waals surface area contributed by atoms with Crippen LogP contribution in [0, 0.1) is 0 Å². The van der Waals surface area contributed by atoms with Crippen molar-refractivity contribution in [3.8, 4) is 0 Å². The van der Waals surface area contributed by atoms with Crippen molar-refractivity contribution in [3.63, 3.8) is 0 Å². The monoisotopic (exact) mass is 357 g/mol. The summed E-state index contributed by atoms with van der Waals surface area (Å²) >= 11 is 0. The van der Waals surface area contributed by atoms with Crippen LogP contribution in [0.1, 0.15) is 56.0 Å². The van der Waals surface area contributed by atoms with Gasteiger partial charge in [-0.25, -0.2) is 0 Å². The van der Waals surface area contributed by atoms with E-state index in [2.05, 4.69) is 77.4 Å². The minimum Gasteiger partial charge on any atom is -0.356 e. The highest BCUT2D eigenvalue weighted by atomic mass is 16.5. The molecule has 1 aromatic heterocycles. The fourth-order valence-corrected chi connectivity index (χ4v) is 2.66. The van der Waals surface area contributed by atoms with Crippen molar-refractivity contribution in [1.29, 1.82) is 0 Å². The number of rotatable bonds is 8. The van der Waals surface area contributed by atoms with Gasteiger partial charge in [-0.2, -0.15) is 4.98 Å². The summed E-state index contributed by atoms with van der Waals surface area (Å²) in [5, 5.41) is 7.39. The van der Waals surface area contributed by atoms with Gasteiger partial charge in [-0.05, 0) is 24.0 Å². The van der Waals surface area contributed by atoms with Gasteiger partial charge in [-0.3, -0.25) is 4.99 Å². The molecule has 0 aliphatic heterocycles. The standard InChI is InChI=1S/C20H31N5O/c1-6-16-9-11-17(12-10-16)14-25(5)20(21-4)22-13-7-8-18-23-19(15(2)3)24-26-18/h9-12,15H,6-8,13-14H2,1-5H3,(H,21,22). The molecule has 2 aromatic rings. The number of nitrogens with zero attached hydrogens (tertiary/aromatic N) is 4. The first-order valence-corrected chi connectivity index (χ1v) is 9.35. The molecule has 0 atom stereocenters. The molecular formula is C20H31N5O. The summed E-state index contributed by atoms with van der Waals surface area (Å²) in [7, 11) is 3.86. The second-order valence-corrected chi connectivity index (χ2v) is 6.80. The lowest BCUT2D eigenvalue weighted by molar-refractivity contribution is 0.368. The summed E-state index contributed by atoms with van der Waals surface area (Å²) in [5.74, 6) is 2.66. The highest BCUT2D eigenvalue weighted by molar-refractivity contribution is 5.79. The largest absolute Gasteiger partial charge is 0.356 e. The predicted molar refractivity (Wildman–Crippen MR) is 105 cm³/mol. The van der Waals surface area contributed by atoms with E-state index in [0.717, 1.165) is 44.1 Å². The summed E-state index contributed by atoms with van der Waals surface area (Å²) in [6.45, 7) is 7.93. The van der Waals surface area contributed by atoms with Crippen LogP contribution in [0.25, 0.3) is 0 Å². The Morgan fingerprint density at radius 2 is 1.92 bits per heavy atom. The molecule has 0 spiro atoms. The van der Waals surface area contributed by atoms with Crippen LogP contribution in [0.4, 0.5) is 0 Å². The van der Waals surface area contributed by atoms with Crippen molar-refractivity contribution in [3.05, 3.63) is 47.1 Å². The summed E-state index contributed by atoms with van der Waals surface area (Å²) in [6.07, 6.45) is 2.75. The molecule has 0 aliphatic rings. The average Bonchev–Trinajstić information content (AvgIpc) is 3.11. The number of nitrogens with one attached hydrogen (secondary N) is 1. The van der Waals surface area contributed by atoms with Crippen molar-refractivity contribution in [2.75, 3.05) is 20.6 Å². The first-order chi connectivity index (χ1) is 12.5. The number of aryl methyl sites for hydroxylation is 2. The summed E-state index contributed by atoms with van der Waals surface area (Å²) in [4.78, 5) is 10.9. The van der Waals surface area contributed by atoms with Gasteiger partial charge in [0.2, 0.25) is 5.89 Å². The Balaban J connectivity index is 1.76. The van der Waals surface area contributed by atoms with E-state index in [1.54, 1.807) is 0 Å². The summed E-state index contributed by atoms with van der Waals surface area (Å²) in [6, 6.07) is 8.75. The number of aromatic nitrogens is 2. The maximum atomic E-state index is 5.28. The number of guanidine groups is 1. The van der Waals surface area contributed by atoms with E-state index in [4.69, 9.17) is 4.52 Å². The maximum Gasteiger partial charge on any atom is 0.226 e. The van der Waals surface area contributed by atoms with Crippen molar-refractivity contribution in [2.24, 2.45) is 4.99 Å². The fourth-order valence-electron chi connectivity index (χ4n) is 2.66. The highest BCUT2D eigenvalue weighted by Crippen LogP contribution is 2.10. The Labute approximate surface area is 156 Å². The smallest absolute Gasteiger partial charge is 0.226 e. The first kappa shape index (κ1) is 19.9. The quantitative estimate of drug-likeness (QED) is 0.446. The topological polar surface area (TPSA) is 66.5 Å². The van der Waals surface area contributed by atoms with E-state index in [1.807, 2.05) is 7.05 Å². The van der Waals surface area contributed by atoms with E-state index in [0.29, 0.717) is 11.8 Å². The molecule has 0 bridgehead atoms. The van der Waals surface area contributed by atoms with Gasteiger partial charge in [-0.1, -0.05) is 50.2 Å². The molecule has 6 nitrogen and oxygen atoms in total. The number of benzene rings is 1. The predicted octanol–water partition coefficient (Wildman–Crippen LogP) is 3.40. The Kier molecular flexibility index (Phi) is 7.63. The van der Waals surface area contributed by atoms with Crippen LogP contribution in [0.3, 0.4) is 0 Å². The Morgan fingerprint density at radius 3 is 2.50 bits per heavy atom. The molecule has 26 heavy (non-hydrogen) atoms. The van der Waals surface area contributed by atoms with Gasteiger partial charge in [0, 0.05) is 39.5 Å². The van der Waals surface area contributed by atoms with Gasteiger partial charge in [0.15, 0.2) is 11.8 Å². The van der Waals surface area contributed by atoms with Gasteiger partial charge in [-0.15, -0.1) is 0 Å².